The van der Waals surface area contributed by atoms with Gasteiger partial charge in [0.25, 0.3) is 0 Å². The van der Waals surface area contributed by atoms with Gasteiger partial charge in [0, 0.05) is 42.2 Å². The number of nitrogens with two attached hydrogens (primary N) is 1. The van der Waals surface area contributed by atoms with E-state index in [-0.39, 0.29) is 12.3 Å². The topological polar surface area (TPSA) is 126 Å². The number of ether oxygens (including phenoxy) is 3. The predicted octanol–water partition coefficient (Wildman–Crippen LogP) is 2.96. The summed E-state index contributed by atoms with van der Waals surface area (Å²) in [5.41, 5.74) is 8.61. The minimum atomic E-state index is -0.0490. The largest absolute Gasteiger partial charge is 0.491 e. The van der Waals surface area contributed by atoms with Crippen LogP contribution in [0.4, 0.5) is 0 Å². The molecule has 3 N–H and O–H groups in total. The summed E-state index contributed by atoms with van der Waals surface area (Å²) in [6.07, 6.45) is 1.93. The molecule has 2 aromatic carbocycles. The van der Waals surface area contributed by atoms with Crippen molar-refractivity contribution in [1.82, 2.24) is 20.1 Å². The third kappa shape index (κ3) is 8.91. The Morgan fingerprint density at radius 2 is 1.82 bits per heavy atom. The van der Waals surface area contributed by atoms with Crippen molar-refractivity contribution in [1.29, 1.82) is 0 Å². The number of nitrogens with zero attached hydrogens (tertiary/aromatic N) is 4. The number of aryl methyl sites for hydroxylation is 1. The number of nitrogens with one attached hydrogen (secondary N) is 1. The number of aromatic nitrogens is 3. The number of amides is 1. The molecule has 1 heterocycles. The molecule has 0 radical (unpaired) electrons. The van der Waals surface area contributed by atoms with E-state index in [1.165, 1.54) is 0 Å². The summed E-state index contributed by atoms with van der Waals surface area (Å²) < 4.78 is 18.8. The highest BCUT2D eigenvalue weighted by atomic mass is 35.5. The molecule has 11 heteroatoms. The Hall–Kier alpha value is -3.31. The molecule has 204 valence electrons. The summed E-state index contributed by atoms with van der Waals surface area (Å²) >= 11 is 6.16. The molecule has 1 amide bonds. The van der Waals surface area contributed by atoms with Crippen molar-refractivity contribution in [2.75, 3.05) is 52.7 Å². The molecule has 38 heavy (non-hydrogen) atoms. The van der Waals surface area contributed by atoms with Gasteiger partial charge in [0.1, 0.15) is 24.5 Å². The molecular weight excluding hydrogens is 508 g/mol. The average Bonchev–Trinajstić information content (AvgIpc) is 3.34. The van der Waals surface area contributed by atoms with Gasteiger partial charge in [-0.2, -0.15) is 0 Å². The first kappa shape index (κ1) is 29.2. The van der Waals surface area contributed by atoms with Crippen LogP contribution in [0.25, 0.3) is 5.69 Å². The zero-order valence-electron chi connectivity index (χ0n) is 21.9. The molecule has 10 nitrogen and oxygen atoms in total. The van der Waals surface area contributed by atoms with E-state index in [0.717, 1.165) is 22.6 Å². The van der Waals surface area contributed by atoms with Gasteiger partial charge in [-0.3, -0.25) is 14.4 Å². The lowest BCUT2D eigenvalue weighted by atomic mass is 9.99. The van der Waals surface area contributed by atoms with Crippen LogP contribution in [0, 0.1) is 6.92 Å². The van der Waals surface area contributed by atoms with E-state index in [1.807, 2.05) is 60.9 Å². The fourth-order valence-electron chi connectivity index (χ4n) is 3.65. The molecule has 0 aliphatic carbocycles. The number of aliphatic imine (C=N–C) groups is 1. The Kier molecular flexibility index (Phi) is 12.2. The quantitative estimate of drug-likeness (QED) is 0.210. The fraction of sp³-hybridized carbons (Fsp3) is 0.407. The first-order chi connectivity index (χ1) is 18.5. The predicted molar refractivity (Wildman–Crippen MR) is 148 cm³/mol. The lowest BCUT2D eigenvalue weighted by Gasteiger charge is -2.17. The second-order valence-electron chi connectivity index (χ2n) is 8.23. The van der Waals surface area contributed by atoms with Gasteiger partial charge in [-0.15, -0.1) is 10.2 Å². The molecule has 3 aromatic rings. The average molecular weight is 543 g/mol. The highest BCUT2D eigenvalue weighted by Gasteiger charge is 2.17. The van der Waals surface area contributed by atoms with Crippen LogP contribution in [0.5, 0.6) is 5.75 Å². The summed E-state index contributed by atoms with van der Waals surface area (Å²) in [6, 6.07) is 13.2. The molecule has 0 unspecified atom stereocenters. The van der Waals surface area contributed by atoms with Gasteiger partial charge in [-0.25, -0.2) is 0 Å². The van der Waals surface area contributed by atoms with Crippen molar-refractivity contribution in [3.8, 4) is 11.4 Å². The maximum Gasteiger partial charge on any atom is 0.221 e. The van der Waals surface area contributed by atoms with Crippen LogP contribution in [0.1, 0.15) is 30.3 Å². The standard InChI is InChI=1S/C27H35ClN6O4/c1-3-30-26(35)10-12-31-27(21-4-6-22(28)7-5-21)24-18-23(38-17-16-37-15-14-36-13-11-29)8-9-25(24)34-19-32-33-20(34)2/h4-9,18-19H,3,10-17,29H2,1-2H3,(H,30,35). The summed E-state index contributed by atoms with van der Waals surface area (Å²) in [7, 11) is 0. The van der Waals surface area contributed by atoms with E-state index in [1.54, 1.807) is 6.33 Å². The van der Waals surface area contributed by atoms with Gasteiger partial charge < -0.3 is 25.3 Å². The van der Waals surface area contributed by atoms with Crippen molar-refractivity contribution in [2.24, 2.45) is 10.7 Å². The smallest absolute Gasteiger partial charge is 0.221 e. The summed E-state index contributed by atoms with van der Waals surface area (Å²) in [5.74, 6) is 1.33. The highest BCUT2D eigenvalue weighted by Crippen LogP contribution is 2.26. The van der Waals surface area contributed by atoms with E-state index in [4.69, 9.17) is 36.5 Å². The summed E-state index contributed by atoms with van der Waals surface area (Å²) in [6.45, 7) is 7.41. The van der Waals surface area contributed by atoms with E-state index < -0.39 is 0 Å². The van der Waals surface area contributed by atoms with E-state index in [9.17, 15) is 4.79 Å². The van der Waals surface area contributed by atoms with Crippen molar-refractivity contribution in [3.05, 3.63) is 70.8 Å². The second-order valence-corrected chi connectivity index (χ2v) is 8.67. The Morgan fingerprint density at radius 3 is 2.50 bits per heavy atom. The molecule has 3 rings (SSSR count). The van der Waals surface area contributed by atoms with Gasteiger partial charge in [0.05, 0.1) is 37.8 Å². The van der Waals surface area contributed by atoms with E-state index in [0.29, 0.717) is 69.2 Å². The summed E-state index contributed by atoms with van der Waals surface area (Å²) in [5, 5.41) is 11.6. The Labute approximate surface area is 228 Å². The maximum absolute atomic E-state index is 12.1. The van der Waals surface area contributed by atoms with Crippen molar-refractivity contribution in [2.45, 2.75) is 20.3 Å². The van der Waals surface area contributed by atoms with Crippen LogP contribution in [0.3, 0.4) is 0 Å². The third-order valence-corrected chi connectivity index (χ3v) is 5.68. The summed E-state index contributed by atoms with van der Waals surface area (Å²) in [4.78, 5) is 16.9. The Bertz CT molecular complexity index is 1180. The first-order valence-electron chi connectivity index (χ1n) is 12.6. The first-order valence-corrected chi connectivity index (χ1v) is 13.0. The van der Waals surface area contributed by atoms with Crippen molar-refractivity contribution >= 4 is 23.2 Å². The molecule has 0 atom stereocenters. The monoisotopic (exact) mass is 542 g/mol. The minimum Gasteiger partial charge on any atom is -0.491 e. The zero-order valence-corrected chi connectivity index (χ0v) is 22.6. The molecular formula is C27H35ClN6O4. The SMILES string of the molecule is CCNC(=O)CCN=C(c1ccc(Cl)cc1)c1cc(OCCOCCOCCN)ccc1-n1cnnc1C. The lowest BCUT2D eigenvalue weighted by Crippen LogP contribution is -2.23. The second kappa shape index (κ2) is 15.8. The number of halogens is 1. The fourth-order valence-corrected chi connectivity index (χ4v) is 3.78. The van der Waals surface area contributed by atoms with Crippen molar-refractivity contribution in [3.63, 3.8) is 0 Å². The Morgan fingerprint density at radius 1 is 1.08 bits per heavy atom. The number of carbonyl (C=O) groups excluding carboxylic acids is 1. The molecule has 0 aliphatic rings. The third-order valence-electron chi connectivity index (χ3n) is 5.43. The van der Waals surface area contributed by atoms with E-state index in [2.05, 4.69) is 15.5 Å². The Balaban J connectivity index is 1.88. The number of carbonyl (C=O) groups is 1. The molecule has 0 saturated heterocycles. The van der Waals surface area contributed by atoms with Crippen LogP contribution in [0.15, 0.2) is 53.8 Å². The number of hydrogen-bond acceptors (Lipinski definition) is 8. The van der Waals surface area contributed by atoms with Crippen LogP contribution < -0.4 is 15.8 Å². The lowest BCUT2D eigenvalue weighted by molar-refractivity contribution is -0.120. The maximum atomic E-state index is 12.1. The highest BCUT2D eigenvalue weighted by molar-refractivity contribution is 6.30. The van der Waals surface area contributed by atoms with Crippen LogP contribution in [0.2, 0.25) is 5.02 Å². The van der Waals surface area contributed by atoms with Gasteiger partial charge in [0.15, 0.2) is 0 Å². The van der Waals surface area contributed by atoms with Crippen molar-refractivity contribution < 1.29 is 19.0 Å². The van der Waals surface area contributed by atoms with Gasteiger partial charge >= 0.3 is 0 Å². The molecule has 0 aliphatic heterocycles. The minimum absolute atomic E-state index is 0.0490. The van der Waals surface area contributed by atoms with Gasteiger partial charge in [0.2, 0.25) is 5.91 Å². The molecule has 0 bridgehead atoms. The van der Waals surface area contributed by atoms with Gasteiger partial charge in [-0.05, 0) is 44.2 Å². The van der Waals surface area contributed by atoms with Gasteiger partial charge in [-0.1, -0.05) is 23.7 Å². The van der Waals surface area contributed by atoms with Crippen LogP contribution in [-0.2, 0) is 14.3 Å². The molecule has 0 saturated carbocycles. The number of rotatable bonds is 16. The normalized spacial score (nSPS) is 11.5. The van der Waals surface area contributed by atoms with Crippen LogP contribution in [-0.4, -0.2) is 79.1 Å². The molecule has 1 aromatic heterocycles. The molecule has 0 spiro atoms. The number of benzene rings is 2. The number of hydrogen-bond donors (Lipinski definition) is 2. The van der Waals surface area contributed by atoms with E-state index >= 15 is 0 Å². The zero-order chi connectivity index (χ0) is 27.2. The van der Waals surface area contributed by atoms with Crippen LogP contribution >= 0.6 is 11.6 Å². The molecule has 0 fully saturated rings.